The lowest BCUT2D eigenvalue weighted by Gasteiger charge is -2.15. The van der Waals surface area contributed by atoms with Gasteiger partial charge in [0.25, 0.3) is 5.56 Å². The minimum Gasteiger partial charge on any atom is -0.341 e. The van der Waals surface area contributed by atoms with Crippen molar-refractivity contribution in [2.45, 2.75) is 19.4 Å². The van der Waals surface area contributed by atoms with E-state index in [0.29, 0.717) is 24.0 Å². The second-order valence-corrected chi connectivity index (χ2v) is 4.77. The molecule has 6 heteroatoms. The second kappa shape index (κ2) is 4.97. The lowest BCUT2D eigenvalue weighted by Crippen LogP contribution is -2.25. The molecule has 0 amide bonds. The number of nitrogens with two attached hydrogens (primary N) is 1. The third-order valence-electron chi connectivity index (χ3n) is 3.47. The van der Waals surface area contributed by atoms with E-state index < -0.39 is 0 Å². The molecule has 3 rings (SSSR count). The number of nitrogens with zero attached hydrogens (tertiary/aromatic N) is 4. The number of hydrogen-bond donors (Lipinski definition) is 1. The van der Waals surface area contributed by atoms with Crippen LogP contribution in [0.4, 0.5) is 5.95 Å². The Kier molecular flexibility index (Phi) is 3.16. The van der Waals surface area contributed by atoms with E-state index in [0.717, 1.165) is 19.0 Å². The maximum Gasteiger partial charge on any atom is 0.261 e. The standard InChI is InChI=1S/C13H17N5O/c14-4-8-17-7-3-11-10(12(17)19)9-15-13(16-11)18-5-1-2-6-18/h3,7,9H,1-2,4-6,8,14H2. The minimum atomic E-state index is -0.0732. The SMILES string of the molecule is NCCn1ccc2nc(N3CCCC3)ncc2c1=O. The summed E-state index contributed by atoms with van der Waals surface area (Å²) in [5, 5.41) is 0.555. The van der Waals surface area contributed by atoms with Gasteiger partial charge in [0.15, 0.2) is 0 Å². The number of aromatic nitrogens is 3. The van der Waals surface area contributed by atoms with Crippen LogP contribution >= 0.6 is 0 Å². The molecule has 3 heterocycles. The molecule has 2 aromatic heterocycles. The molecule has 0 aliphatic carbocycles. The quantitative estimate of drug-likeness (QED) is 0.860. The first-order valence-electron chi connectivity index (χ1n) is 6.61. The predicted octanol–water partition coefficient (Wildman–Crippen LogP) is 0.350. The summed E-state index contributed by atoms with van der Waals surface area (Å²) in [6.45, 7) is 2.95. The largest absolute Gasteiger partial charge is 0.341 e. The average molecular weight is 259 g/mol. The fraction of sp³-hybridized carbons (Fsp3) is 0.462. The van der Waals surface area contributed by atoms with Crippen molar-refractivity contribution in [1.82, 2.24) is 14.5 Å². The van der Waals surface area contributed by atoms with Crippen LogP contribution in [0.2, 0.25) is 0 Å². The summed E-state index contributed by atoms with van der Waals surface area (Å²) in [6, 6.07) is 1.85. The van der Waals surface area contributed by atoms with Crippen molar-refractivity contribution in [3.8, 4) is 0 Å². The number of pyridine rings is 1. The van der Waals surface area contributed by atoms with Crippen LogP contribution in [0.15, 0.2) is 23.3 Å². The van der Waals surface area contributed by atoms with Gasteiger partial charge in [-0.1, -0.05) is 0 Å². The van der Waals surface area contributed by atoms with E-state index in [2.05, 4.69) is 14.9 Å². The van der Waals surface area contributed by atoms with Crippen LogP contribution in [0.25, 0.3) is 10.9 Å². The fourth-order valence-electron chi connectivity index (χ4n) is 2.44. The molecule has 1 aliphatic heterocycles. The zero-order chi connectivity index (χ0) is 13.2. The third kappa shape index (κ3) is 2.19. The monoisotopic (exact) mass is 259 g/mol. The molecule has 1 aliphatic rings. The molecule has 0 atom stereocenters. The van der Waals surface area contributed by atoms with E-state index in [-0.39, 0.29) is 5.56 Å². The number of anilines is 1. The fourth-order valence-corrected chi connectivity index (χ4v) is 2.44. The summed E-state index contributed by atoms with van der Waals surface area (Å²) in [4.78, 5) is 23.1. The van der Waals surface area contributed by atoms with E-state index in [1.165, 1.54) is 12.8 Å². The number of hydrogen-bond acceptors (Lipinski definition) is 5. The first-order chi connectivity index (χ1) is 9.29. The highest BCUT2D eigenvalue weighted by Crippen LogP contribution is 2.17. The van der Waals surface area contributed by atoms with Gasteiger partial charge in [0, 0.05) is 38.6 Å². The second-order valence-electron chi connectivity index (χ2n) is 4.77. The van der Waals surface area contributed by atoms with Crippen LogP contribution in [0.1, 0.15) is 12.8 Å². The molecule has 2 N–H and O–H groups in total. The summed E-state index contributed by atoms with van der Waals surface area (Å²) in [7, 11) is 0. The Balaban J connectivity index is 2.05. The van der Waals surface area contributed by atoms with Gasteiger partial charge in [-0.05, 0) is 18.9 Å². The molecule has 2 aromatic rings. The van der Waals surface area contributed by atoms with Crippen molar-refractivity contribution < 1.29 is 0 Å². The minimum absolute atomic E-state index is 0.0732. The lowest BCUT2D eigenvalue weighted by molar-refractivity contribution is 0.686. The third-order valence-corrected chi connectivity index (χ3v) is 3.47. The zero-order valence-electron chi connectivity index (χ0n) is 10.7. The zero-order valence-corrected chi connectivity index (χ0v) is 10.7. The van der Waals surface area contributed by atoms with Gasteiger partial charge < -0.3 is 15.2 Å². The number of fused-ring (bicyclic) bond motifs is 1. The van der Waals surface area contributed by atoms with E-state index in [4.69, 9.17) is 5.73 Å². The van der Waals surface area contributed by atoms with E-state index in [1.807, 2.05) is 6.07 Å². The molecule has 0 unspecified atom stereocenters. The van der Waals surface area contributed by atoms with Crippen molar-refractivity contribution in [2.24, 2.45) is 5.73 Å². The molecule has 19 heavy (non-hydrogen) atoms. The van der Waals surface area contributed by atoms with E-state index in [9.17, 15) is 4.79 Å². The van der Waals surface area contributed by atoms with Crippen molar-refractivity contribution in [3.05, 3.63) is 28.8 Å². The predicted molar refractivity (Wildman–Crippen MR) is 74.3 cm³/mol. The Labute approximate surface area is 110 Å². The summed E-state index contributed by atoms with van der Waals surface area (Å²) >= 11 is 0. The molecule has 0 saturated carbocycles. The van der Waals surface area contributed by atoms with Crippen LogP contribution in [-0.2, 0) is 6.54 Å². The summed E-state index contributed by atoms with van der Waals surface area (Å²) in [6.07, 6.45) is 5.74. The van der Waals surface area contributed by atoms with Crippen molar-refractivity contribution in [3.63, 3.8) is 0 Å². The van der Waals surface area contributed by atoms with Gasteiger partial charge in [0.05, 0.1) is 10.9 Å². The highest BCUT2D eigenvalue weighted by atomic mass is 16.1. The molecule has 6 nitrogen and oxygen atoms in total. The van der Waals surface area contributed by atoms with Gasteiger partial charge in [0.2, 0.25) is 5.95 Å². The average Bonchev–Trinajstić information content (AvgIpc) is 2.96. The summed E-state index contributed by atoms with van der Waals surface area (Å²) in [5.41, 5.74) is 6.11. The molecule has 0 radical (unpaired) electrons. The van der Waals surface area contributed by atoms with Crippen molar-refractivity contribution in [2.75, 3.05) is 24.5 Å². The first kappa shape index (κ1) is 12.1. The molecular formula is C13H17N5O. The van der Waals surface area contributed by atoms with Crippen molar-refractivity contribution >= 4 is 16.9 Å². The topological polar surface area (TPSA) is 77.0 Å². The molecular weight excluding hydrogens is 242 g/mol. The van der Waals surface area contributed by atoms with E-state index in [1.54, 1.807) is 17.0 Å². The van der Waals surface area contributed by atoms with Gasteiger partial charge in [-0.2, -0.15) is 0 Å². The molecule has 1 saturated heterocycles. The highest BCUT2D eigenvalue weighted by molar-refractivity contribution is 5.77. The Morgan fingerprint density at radius 2 is 2.11 bits per heavy atom. The highest BCUT2D eigenvalue weighted by Gasteiger charge is 2.15. The first-order valence-corrected chi connectivity index (χ1v) is 6.61. The maximum atomic E-state index is 12.2. The Hall–Kier alpha value is -1.95. The van der Waals surface area contributed by atoms with Crippen LogP contribution in [0.3, 0.4) is 0 Å². The van der Waals surface area contributed by atoms with Crippen LogP contribution in [-0.4, -0.2) is 34.2 Å². The summed E-state index contributed by atoms with van der Waals surface area (Å²) < 4.78 is 1.60. The van der Waals surface area contributed by atoms with Gasteiger partial charge in [-0.15, -0.1) is 0 Å². The van der Waals surface area contributed by atoms with Crippen molar-refractivity contribution in [1.29, 1.82) is 0 Å². The van der Waals surface area contributed by atoms with E-state index >= 15 is 0 Å². The Morgan fingerprint density at radius 1 is 1.32 bits per heavy atom. The molecule has 0 aromatic carbocycles. The molecule has 100 valence electrons. The van der Waals surface area contributed by atoms with Crippen LogP contribution in [0, 0.1) is 0 Å². The van der Waals surface area contributed by atoms with Gasteiger partial charge in [-0.3, -0.25) is 4.79 Å². The molecule has 1 fully saturated rings. The summed E-state index contributed by atoms with van der Waals surface area (Å²) in [5.74, 6) is 0.723. The molecule has 0 bridgehead atoms. The lowest BCUT2D eigenvalue weighted by atomic mass is 10.3. The van der Waals surface area contributed by atoms with Crippen LogP contribution < -0.4 is 16.2 Å². The molecule has 0 spiro atoms. The Morgan fingerprint density at radius 3 is 2.84 bits per heavy atom. The smallest absolute Gasteiger partial charge is 0.261 e. The van der Waals surface area contributed by atoms with Gasteiger partial charge >= 0.3 is 0 Å². The van der Waals surface area contributed by atoms with Crippen LogP contribution in [0.5, 0.6) is 0 Å². The normalized spacial score (nSPS) is 15.3. The van der Waals surface area contributed by atoms with Gasteiger partial charge in [0.1, 0.15) is 0 Å². The van der Waals surface area contributed by atoms with Gasteiger partial charge in [-0.25, -0.2) is 9.97 Å². The number of rotatable bonds is 3. The maximum absolute atomic E-state index is 12.2. The Bertz CT molecular complexity index is 645.